The van der Waals surface area contributed by atoms with Gasteiger partial charge in [0.25, 0.3) is 0 Å². The van der Waals surface area contributed by atoms with Crippen molar-refractivity contribution in [3.05, 3.63) is 0 Å². The number of rotatable bonds is 1. The Hall–Kier alpha value is 0.260. The first-order valence-electron chi connectivity index (χ1n) is 3.89. The fourth-order valence-electron chi connectivity index (χ4n) is 1.05. The van der Waals surface area contributed by atoms with E-state index in [0.717, 1.165) is 0 Å². The van der Waals surface area contributed by atoms with Crippen molar-refractivity contribution in [3.8, 4) is 0 Å². The van der Waals surface area contributed by atoms with Gasteiger partial charge in [0, 0.05) is 18.6 Å². The summed E-state index contributed by atoms with van der Waals surface area (Å²) in [7, 11) is -2.86. The van der Waals surface area contributed by atoms with Gasteiger partial charge in [0.05, 0.1) is 10.1 Å². The van der Waals surface area contributed by atoms with Gasteiger partial charge in [-0.2, -0.15) is 0 Å². The minimum Gasteiger partial charge on any atom is -0.302 e. The molecule has 72 valence electrons. The van der Waals surface area contributed by atoms with Crippen LogP contribution in [0.15, 0.2) is 0 Å². The van der Waals surface area contributed by atoms with Crippen molar-refractivity contribution in [1.82, 2.24) is 5.32 Å². The van der Waals surface area contributed by atoms with Gasteiger partial charge in [-0.15, -0.1) is 11.8 Å². The molecule has 0 aromatic rings. The van der Waals surface area contributed by atoms with Gasteiger partial charge in [0.15, 0.2) is 9.84 Å². The zero-order valence-electron chi connectivity index (χ0n) is 7.62. The minimum atomic E-state index is -2.86. The van der Waals surface area contributed by atoms with Gasteiger partial charge in [0.2, 0.25) is 0 Å². The van der Waals surface area contributed by atoms with Crippen molar-refractivity contribution in [2.45, 2.75) is 24.0 Å². The molecule has 1 heterocycles. The first-order valence-corrected chi connectivity index (χ1v) is 6.83. The number of sulfone groups is 1. The average molecular weight is 209 g/mol. The van der Waals surface area contributed by atoms with Crippen molar-refractivity contribution in [1.29, 1.82) is 0 Å². The Balaban J connectivity index is 2.59. The Labute approximate surface area is 78.2 Å². The highest BCUT2D eigenvalue weighted by molar-refractivity contribution is 8.02. The van der Waals surface area contributed by atoms with Crippen molar-refractivity contribution in [3.63, 3.8) is 0 Å². The maximum atomic E-state index is 11.1. The molecule has 0 saturated carbocycles. The quantitative estimate of drug-likeness (QED) is 0.682. The zero-order chi connectivity index (χ0) is 9.41. The van der Waals surface area contributed by atoms with Crippen LogP contribution in [-0.4, -0.2) is 37.1 Å². The summed E-state index contributed by atoms with van der Waals surface area (Å²) < 4.78 is 22.3. The van der Waals surface area contributed by atoms with Crippen LogP contribution >= 0.6 is 11.8 Å². The molecule has 0 spiro atoms. The first kappa shape index (κ1) is 10.3. The van der Waals surface area contributed by atoms with Crippen LogP contribution < -0.4 is 5.32 Å². The first-order chi connectivity index (χ1) is 5.31. The Bertz CT molecular complexity index is 249. The summed E-state index contributed by atoms with van der Waals surface area (Å²) in [4.78, 5) is 0.0290. The lowest BCUT2D eigenvalue weighted by atomic mass is 10.3. The molecule has 0 radical (unpaired) electrons. The predicted molar refractivity (Wildman–Crippen MR) is 53.2 cm³/mol. The second kappa shape index (κ2) is 3.20. The summed E-state index contributed by atoms with van der Waals surface area (Å²) in [6.45, 7) is 4.71. The van der Waals surface area contributed by atoms with E-state index in [1.54, 1.807) is 11.8 Å². The van der Waals surface area contributed by atoms with E-state index in [4.69, 9.17) is 0 Å². The number of hydrogen-bond acceptors (Lipinski definition) is 4. The summed E-state index contributed by atoms with van der Waals surface area (Å²) >= 11 is 1.67. The van der Waals surface area contributed by atoms with Crippen LogP contribution in [0.4, 0.5) is 0 Å². The Morgan fingerprint density at radius 2 is 2.08 bits per heavy atom. The number of thioether (sulfide) groups is 1. The van der Waals surface area contributed by atoms with Gasteiger partial charge in [-0.05, 0) is 13.8 Å². The normalized spacial score (nSPS) is 30.1. The van der Waals surface area contributed by atoms with Gasteiger partial charge in [-0.25, -0.2) is 8.42 Å². The molecule has 1 aliphatic heterocycles. The van der Waals surface area contributed by atoms with E-state index in [0.29, 0.717) is 12.3 Å². The van der Waals surface area contributed by atoms with Gasteiger partial charge in [0.1, 0.15) is 0 Å². The second-order valence-corrected chi connectivity index (χ2v) is 7.62. The Morgan fingerprint density at radius 1 is 1.50 bits per heavy atom. The molecule has 1 rings (SSSR count). The van der Waals surface area contributed by atoms with Crippen LogP contribution in [0.2, 0.25) is 0 Å². The lowest BCUT2D eigenvalue weighted by molar-refractivity contribution is 0.511. The van der Waals surface area contributed by atoms with Crippen LogP contribution in [-0.2, 0) is 9.84 Å². The van der Waals surface area contributed by atoms with Gasteiger partial charge in [-0.3, -0.25) is 0 Å². The SMILES string of the molecule is CC1(C)NCC(S(C)(=O)=O)CS1. The third-order valence-corrected chi connectivity index (χ3v) is 5.18. The fourth-order valence-corrected chi connectivity index (χ4v) is 3.53. The topological polar surface area (TPSA) is 46.2 Å². The molecule has 12 heavy (non-hydrogen) atoms. The second-order valence-electron chi connectivity index (χ2n) is 3.65. The molecular weight excluding hydrogens is 194 g/mol. The molecule has 1 fully saturated rings. The van der Waals surface area contributed by atoms with Crippen molar-refractivity contribution < 1.29 is 8.42 Å². The maximum absolute atomic E-state index is 11.1. The molecule has 0 aliphatic carbocycles. The van der Waals surface area contributed by atoms with Crippen LogP contribution in [0.1, 0.15) is 13.8 Å². The van der Waals surface area contributed by atoms with Crippen molar-refractivity contribution >= 4 is 21.6 Å². The summed E-state index contributed by atoms with van der Waals surface area (Å²) in [5.74, 6) is 0.707. The summed E-state index contributed by atoms with van der Waals surface area (Å²) in [6, 6.07) is 0. The molecule has 5 heteroatoms. The number of nitrogens with one attached hydrogen (secondary N) is 1. The van der Waals surface area contributed by atoms with E-state index in [1.807, 2.05) is 0 Å². The van der Waals surface area contributed by atoms with E-state index >= 15 is 0 Å². The van der Waals surface area contributed by atoms with Crippen molar-refractivity contribution in [2.75, 3.05) is 18.6 Å². The van der Waals surface area contributed by atoms with E-state index in [1.165, 1.54) is 6.26 Å². The van der Waals surface area contributed by atoms with E-state index < -0.39 is 9.84 Å². The molecule has 3 nitrogen and oxygen atoms in total. The third-order valence-electron chi connectivity index (χ3n) is 1.99. The largest absolute Gasteiger partial charge is 0.302 e. The molecule has 0 amide bonds. The average Bonchev–Trinajstić information content (AvgIpc) is 1.83. The molecule has 0 aromatic heterocycles. The lowest BCUT2D eigenvalue weighted by Crippen LogP contribution is -2.49. The molecule has 1 unspecified atom stereocenters. The van der Waals surface area contributed by atoms with Crippen LogP contribution in [0, 0.1) is 0 Å². The lowest BCUT2D eigenvalue weighted by Gasteiger charge is -2.34. The van der Waals surface area contributed by atoms with Gasteiger partial charge in [-0.1, -0.05) is 0 Å². The highest BCUT2D eigenvalue weighted by Gasteiger charge is 2.31. The Morgan fingerprint density at radius 3 is 2.42 bits per heavy atom. The zero-order valence-corrected chi connectivity index (χ0v) is 9.26. The smallest absolute Gasteiger partial charge is 0.152 e. The molecular formula is C7H15NO2S2. The van der Waals surface area contributed by atoms with Crippen LogP contribution in [0.3, 0.4) is 0 Å². The van der Waals surface area contributed by atoms with E-state index in [-0.39, 0.29) is 10.1 Å². The molecule has 0 aromatic carbocycles. The molecule has 1 saturated heterocycles. The summed E-state index contributed by atoms with van der Waals surface area (Å²) in [6.07, 6.45) is 1.30. The highest BCUT2D eigenvalue weighted by atomic mass is 32.2. The molecule has 0 bridgehead atoms. The highest BCUT2D eigenvalue weighted by Crippen LogP contribution is 2.27. The van der Waals surface area contributed by atoms with Crippen LogP contribution in [0.25, 0.3) is 0 Å². The number of hydrogen-bond donors (Lipinski definition) is 1. The van der Waals surface area contributed by atoms with Crippen molar-refractivity contribution in [2.24, 2.45) is 0 Å². The minimum absolute atomic E-state index is 0.0290. The maximum Gasteiger partial charge on any atom is 0.152 e. The summed E-state index contributed by atoms with van der Waals surface area (Å²) in [5.41, 5.74) is 0. The Kier molecular flexibility index (Phi) is 2.75. The monoisotopic (exact) mass is 209 g/mol. The fraction of sp³-hybridized carbons (Fsp3) is 1.00. The standard InChI is InChI=1S/C7H15NO2S2/c1-7(2)8-4-6(5-11-7)12(3,9)10/h6,8H,4-5H2,1-3H3. The van der Waals surface area contributed by atoms with Crippen LogP contribution in [0.5, 0.6) is 0 Å². The predicted octanol–water partition coefficient (Wildman–Crippen LogP) is 0.472. The third kappa shape index (κ3) is 2.64. The van der Waals surface area contributed by atoms with E-state index in [2.05, 4.69) is 19.2 Å². The van der Waals surface area contributed by atoms with Gasteiger partial charge >= 0.3 is 0 Å². The van der Waals surface area contributed by atoms with E-state index in [9.17, 15) is 8.42 Å². The molecule has 1 N–H and O–H groups in total. The summed E-state index contributed by atoms with van der Waals surface area (Å²) in [5, 5.41) is 2.99. The van der Waals surface area contributed by atoms with Gasteiger partial charge < -0.3 is 5.32 Å². The molecule has 1 aliphatic rings. The molecule has 1 atom stereocenters.